The highest BCUT2D eigenvalue weighted by Gasteiger charge is 2.21. The van der Waals surface area contributed by atoms with Gasteiger partial charge in [-0.25, -0.2) is 13.6 Å². The molecule has 2 aromatic rings. The third-order valence-corrected chi connectivity index (χ3v) is 3.75. The van der Waals surface area contributed by atoms with E-state index in [-0.39, 0.29) is 11.1 Å². The summed E-state index contributed by atoms with van der Waals surface area (Å²) in [6, 6.07) is 9.76. The van der Waals surface area contributed by atoms with Crippen LogP contribution in [0.4, 0.5) is 19.3 Å². The molecule has 0 spiro atoms. The summed E-state index contributed by atoms with van der Waals surface area (Å²) in [7, 11) is 0. The fourth-order valence-electron chi connectivity index (χ4n) is 2.06. The smallest absolute Gasteiger partial charge is 0.319 e. The van der Waals surface area contributed by atoms with Crippen molar-refractivity contribution in [2.24, 2.45) is 0 Å². The average molecular weight is 339 g/mol. The van der Waals surface area contributed by atoms with Crippen molar-refractivity contribution in [2.45, 2.75) is 19.3 Å². The van der Waals surface area contributed by atoms with E-state index in [1.807, 2.05) is 26.0 Å². The van der Waals surface area contributed by atoms with E-state index in [1.54, 1.807) is 12.1 Å². The number of carbonyl (C=O) groups is 1. The lowest BCUT2D eigenvalue weighted by atomic mass is 9.85. The molecule has 2 amide bonds. The van der Waals surface area contributed by atoms with Gasteiger partial charge in [-0.15, -0.1) is 0 Å². The molecule has 23 heavy (non-hydrogen) atoms. The molecule has 6 heteroatoms. The highest BCUT2D eigenvalue weighted by molar-refractivity contribution is 6.30. The molecular formula is C17H17ClF2N2O. The summed E-state index contributed by atoms with van der Waals surface area (Å²) < 4.78 is 26.3. The SMILES string of the molecule is CC(C)(CNC(=O)Nc1ccc(F)cc1F)c1ccc(Cl)cc1. The van der Waals surface area contributed by atoms with E-state index < -0.39 is 17.7 Å². The molecule has 0 aliphatic carbocycles. The van der Waals surface area contributed by atoms with E-state index in [4.69, 9.17) is 11.6 Å². The minimum absolute atomic E-state index is 0.0757. The molecule has 2 rings (SSSR count). The maximum absolute atomic E-state index is 13.5. The standard InChI is InChI=1S/C17H17ClF2N2O/c1-17(2,11-3-5-12(18)6-4-11)10-21-16(23)22-15-8-7-13(19)9-14(15)20/h3-9H,10H2,1-2H3,(H2,21,22,23). The number of anilines is 1. The molecule has 0 bridgehead atoms. The molecule has 3 nitrogen and oxygen atoms in total. The first-order chi connectivity index (χ1) is 10.8. The van der Waals surface area contributed by atoms with E-state index in [0.29, 0.717) is 17.6 Å². The Balaban J connectivity index is 1.96. The lowest BCUT2D eigenvalue weighted by Gasteiger charge is -2.25. The van der Waals surface area contributed by atoms with Gasteiger partial charge in [0.05, 0.1) is 5.69 Å². The zero-order valence-electron chi connectivity index (χ0n) is 12.8. The summed E-state index contributed by atoms with van der Waals surface area (Å²) in [4.78, 5) is 11.9. The van der Waals surface area contributed by atoms with Crippen LogP contribution in [0.1, 0.15) is 19.4 Å². The highest BCUT2D eigenvalue weighted by atomic mass is 35.5. The number of amides is 2. The molecule has 2 aromatic carbocycles. The van der Waals surface area contributed by atoms with E-state index in [1.165, 1.54) is 6.07 Å². The lowest BCUT2D eigenvalue weighted by molar-refractivity contribution is 0.249. The van der Waals surface area contributed by atoms with Gasteiger partial charge in [-0.1, -0.05) is 37.6 Å². The molecule has 0 aromatic heterocycles. The van der Waals surface area contributed by atoms with Gasteiger partial charge in [-0.2, -0.15) is 0 Å². The van der Waals surface area contributed by atoms with Crippen molar-refractivity contribution in [3.05, 3.63) is 64.7 Å². The van der Waals surface area contributed by atoms with Crippen LogP contribution in [0.3, 0.4) is 0 Å². The third-order valence-electron chi connectivity index (χ3n) is 3.50. The molecule has 0 saturated carbocycles. The second-order valence-electron chi connectivity index (χ2n) is 5.82. The zero-order chi connectivity index (χ0) is 17.0. The number of rotatable bonds is 4. The van der Waals surface area contributed by atoms with Crippen molar-refractivity contribution in [3.8, 4) is 0 Å². The molecule has 0 aliphatic heterocycles. The summed E-state index contributed by atoms with van der Waals surface area (Å²) in [5.74, 6) is -1.52. The fourth-order valence-corrected chi connectivity index (χ4v) is 2.19. The minimum atomic E-state index is -0.822. The van der Waals surface area contributed by atoms with Crippen LogP contribution < -0.4 is 10.6 Å². The number of carbonyl (C=O) groups excluding carboxylic acids is 1. The molecule has 122 valence electrons. The molecule has 0 unspecified atom stereocenters. The normalized spacial score (nSPS) is 11.2. The molecule has 0 aliphatic rings. The van der Waals surface area contributed by atoms with Crippen molar-refractivity contribution < 1.29 is 13.6 Å². The van der Waals surface area contributed by atoms with Crippen LogP contribution >= 0.6 is 11.6 Å². The van der Waals surface area contributed by atoms with Crippen LogP contribution in [0, 0.1) is 11.6 Å². The topological polar surface area (TPSA) is 41.1 Å². The minimum Gasteiger partial charge on any atom is -0.337 e. The number of hydrogen-bond acceptors (Lipinski definition) is 1. The molecule has 0 fully saturated rings. The number of urea groups is 1. The van der Waals surface area contributed by atoms with Crippen molar-refractivity contribution in [2.75, 3.05) is 11.9 Å². The van der Waals surface area contributed by atoms with Crippen LogP contribution in [0.25, 0.3) is 0 Å². The number of nitrogens with one attached hydrogen (secondary N) is 2. The van der Waals surface area contributed by atoms with E-state index in [2.05, 4.69) is 10.6 Å². The summed E-state index contributed by atoms with van der Waals surface area (Å²) >= 11 is 5.86. The van der Waals surface area contributed by atoms with Crippen LogP contribution in [0.5, 0.6) is 0 Å². The molecule has 2 N–H and O–H groups in total. The maximum Gasteiger partial charge on any atom is 0.319 e. The van der Waals surface area contributed by atoms with Crippen LogP contribution in [-0.4, -0.2) is 12.6 Å². The largest absolute Gasteiger partial charge is 0.337 e. The fraction of sp³-hybridized carbons (Fsp3) is 0.235. The van der Waals surface area contributed by atoms with Crippen LogP contribution in [0.2, 0.25) is 5.02 Å². The van der Waals surface area contributed by atoms with Crippen LogP contribution in [0.15, 0.2) is 42.5 Å². The van der Waals surface area contributed by atoms with Gasteiger partial charge in [0.25, 0.3) is 0 Å². The van der Waals surface area contributed by atoms with Gasteiger partial charge >= 0.3 is 6.03 Å². The first-order valence-corrected chi connectivity index (χ1v) is 7.42. The van der Waals surface area contributed by atoms with E-state index in [0.717, 1.165) is 11.6 Å². The molecule has 0 atom stereocenters. The predicted octanol–water partition coefficient (Wildman–Crippen LogP) is 4.72. The average Bonchev–Trinajstić information content (AvgIpc) is 2.49. The van der Waals surface area contributed by atoms with Crippen molar-refractivity contribution in [3.63, 3.8) is 0 Å². The quantitative estimate of drug-likeness (QED) is 0.832. The van der Waals surface area contributed by atoms with E-state index in [9.17, 15) is 13.6 Å². The molecule has 0 radical (unpaired) electrons. The Morgan fingerprint density at radius 1 is 1.13 bits per heavy atom. The zero-order valence-corrected chi connectivity index (χ0v) is 13.5. The van der Waals surface area contributed by atoms with Gasteiger partial charge < -0.3 is 10.6 Å². The van der Waals surface area contributed by atoms with Gasteiger partial charge in [-0.05, 0) is 29.8 Å². The lowest BCUT2D eigenvalue weighted by Crippen LogP contribution is -2.39. The van der Waals surface area contributed by atoms with Gasteiger partial charge in [0.2, 0.25) is 0 Å². The second-order valence-corrected chi connectivity index (χ2v) is 6.26. The first-order valence-electron chi connectivity index (χ1n) is 7.04. The Labute approximate surface area is 138 Å². The number of benzene rings is 2. The maximum atomic E-state index is 13.5. The van der Waals surface area contributed by atoms with Crippen molar-refractivity contribution in [1.29, 1.82) is 0 Å². The Bertz CT molecular complexity index is 702. The first kappa shape index (κ1) is 17.2. The molecular weight excluding hydrogens is 322 g/mol. The summed E-state index contributed by atoms with van der Waals surface area (Å²) in [5.41, 5.74) is 0.604. The van der Waals surface area contributed by atoms with Gasteiger partial charge in [0, 0.05) is 23.0 Å². The summed E-state index contributed by atoms with van der Waals surface area (Å²) in [6.07, 6.45) is 0. The van der Waals surface area contributed by atoms with Crippen molar-refractivity contribution >= 4 is 23.3 Å². The Morgan fingerprint density at radius 2 is 1.78 bits per heavy atom. The van der Waals surface area contributed by atoms with Crippen molar-refractivity contribution in [1.82, 2.24) is 5.32 Å². The molecule has 0 heterocycles. The second kappa shape index (κ2) is 6.96. The van der Waals surface area contributed by atoms with Gasteiger partial charge in [0.15, 0.2) is 0 Å². The Morgan fingerprint density at radius 3 is 2.39 bits per heavy atom. The molecule has 0 saturated heterocycles. The number of halogens is 3. The van der Waals surface area contributed by atoms with Gasteiger partial charge in [-0.3, -0.25) is 0 Å². The monoisotopic (exact) mass is 338 g/mol. The summed E-state index contributed by atoms with van der Waals surface area (Å²) in [6.45, 7) is 4.27. The Hall–Kier alpha value is -2.14. The van der Waals surface area contributed by atoms with Crippen LogP contribution in [-0.2, 0) is 5.41 Å². The predicted molar refractivity (Wildman–Crippen MR) is 87.9 cm³/mol. The Kier molecular flexibility index (Phi) is 5.21. The highest BCUT2D eigenvalue weighted by Crippen LogP contribution is 2.24. The van der Waals surface area contributed by atoms with E-state index >= 15 is 0 Å². The third kappa shape index (κ3) is 4.66. The summed E-state index contributed by atoms with van der Waals surface area (Å²) in [5, 5.41) is 5.68. The number of hydrogen-bond donors (Lipinski definition) is 2. The van der Waals surface area contributed by atoms with Gasteiger partial charge in [0.1, 0.15) is 11.6 Å².